The molecule has 1 atom stereocenters. The van der Waals surface area contributed by atoms with Gasteiger partial charge in [-0.3, -0.25) is 4.79 Å². The van der Waals surface area contributed by atoms with Crippen molar-refractivity contribution in [3.05, 3.63) is 34.9 Å². The van der Waals surface area contributed by atoms with Crippen molar-refractivity contribution in [1.29, 1.82) is 0 Å². The third-order valence-corrected chi connectivity index (χ3v) is 2.57. The van der Waals surface area contributed by atoms with Gasteiger partial charge < -0.3 is 10.1 Å². The van der Waals surface area contributed by atoms with E-state index in [1.54, 1.807) is 6.92 Å². The maximum absolute atomic E-state index is 11.1. The fourth-order valence-electron chi connectivity index (χ4n) is 1.38. The maximum atomic E-state index is 11.1. The van der Waals surface area contributed by atoms with E-state index in [9.17, 15) is 4.79 Å². The Morgan fingerprint density at radius 3 is 2.81 bits per heavy atom. The van der Waals surface area contributed by atoms with Crippen molar-refractivity contribution in [2.24, 2.45) is 0 Å². The average Bonchev–Trinajstić information content (AvgIpc) is 2.27. The van der Waals surface area contributed by atoms with Gasteiger partial charge in [-0.2, -0.15) is 0 Å². The molecule has 0 aliphatic carbocycles. The molecule has 0 aliphatic heterocycles. The smallest absolute Gasteiger partial charge is 0.319 e. The zero-order chi connectivity index (χ0) is 12.0. The molecule has 1 aromatic rings. The molecule has 0 bridgehead atoms. The van der Waals surface area contributed by atoms with Gasteiger partial charge in [-0.05, 0) is 25.5 Å². The number of carbonyl (C=O) groups is 1. The number of ether oxygens (including phenoxy) is 1. The molecule has 16 heavy (non-hydrogen) atoms. The summed E-state index contributed by atoms with van der Waals surface area (Å²) >= 11 is 6.04. The number of benzene rings is 1. The molecule has 4 heteroatoms. The van der Waals surface area contributed by atoms with Crippen molar-refractivity contribution in [3.8, 4) is 0 Å². The second-order valence-electron chi connectivity index (χ2n) is 3.43. The number of rotatable bonds is 5. The van der Waals surface area contributed by atoms with Gasteiger partial charge in [-0.1, -0.05) is 29.8 Å². The molecule has 0 aromatic heterocycles. The zero-order valence-corrected chi connectivity index (χ0v) is 10.3. The van der Waals surface area contributed by atoms with Gasteiger partial charge in [0.1, 0.15) is 0 Å². The minimum Gasteiger partial charge on any atom is -0.465 e. The second kappa shape index (κ2) is 6.51. The van der Waals surface area contributed by atoms with Gasteiger partial charge in [0.15, 0.2) is 0 Å². The topological polar surface area (TPSA) is 38.3 Å². The summed E-state index contributed by atoms with van der Waals surface area (Å²) < 4.78 is 4.82. The molecular formula is C12H16ClNO2. The van der Waals surface area contributed by atoms with E-state index in [0.29, 0.717) is 11.6 Å². The van der Waals surface area contributed by atoms with E-state index in [4.69, 9.17) is 16.3 Å². The third-order valence-electron chi connectivity index (χ3n) is 2.23. The predicted octanol–water partition coefficient (Wildman–Crippen LogP) is 2.55. The van der Waals surface area contributed by atoms with Crippen LogP contribution < -0.4 is 5.32 Å². The van der Waals surface area contributed by atoms with Crippen molar-refractivity contribution in [2.45, 2.75) is 19.9 Å². The monoisotopic (exact) mass is 241 g/mol. The molecule has 0 spiro atoms. The molecule has 0 aliphatic rings. The number of carbonyl (C=O) groups excluding carboxylic acids is 1. The molecule has 1 aromatic carbocycles. The van der Waals surface area contributed by atoms with Crippen LogP contribution >= 0.6 is 11.6 Å². The standard InChI is InChI=1S/C12H16ClNO2/c1-3-16-12(15)8-14-9(2)10-6-4-5-7-11(10)13/h4-7,9,14H,3,8H2,1-2H3/t9-/m0/s1. The number of nitrogens with one attached hydrogen (secondary N) is 1. The Morgan fingerprint density at radius 1 is 1.50 bits per heavy atom. The van der Waals surface area contributed by atoms with E-state index < -0.39 is 0 Å². The molecule has 0 radical (unpaired) electrons. The molecule has 0 saturated carbocycles. The van der Waals surface area contributed by atoms with Crippen molar-refractivity contribution in [2.75, 3.05) is 13.2 Å². The van der Waals surface area contributed by atoms with E-state index >= 15 is 0 Å². The van der Waals surface area contributed by atoms with Crippen LogP contribution in [-0.2, 0) is 9.53 Å². The quantitative estimate of drug-likeness (QED) is 0.806. The Morgan fingerprint density at radius 2 is 2.19 bits per heavy atom. The Balaban J connectivity index is 2.50. The first kappa shape index (κ1) is 13.0. The molecule has 0 amide bonds. The number of halogens is 1. The van der Waals surface area contributed by atoms with Crippen LogP contribution in [0.1, 0.15) is 25.5 Å². The van der Waals surface area contributed by atoms with Crippen LogP contribution in [0.2, 0.25) is 5.02 Å². The maximum Gasteiger partial charge on any atom is 0.319 e. The third kappa shape index (κ3) is 3.83. The van der Waals surface area contributed by atoms with Crippen molar-refractivity contribution >= 4 is 17.6 Å². The molecule has 3 nitrogen and oxygen atoms in total. The highest BCUT2D eigenvalue weighted by molar-refractivity contribution is 6.31. The highest BCUT2D eigenvalue weighted by atomic mass is 35.5. The van der Waals surface area contributed by atoms with Crippen molar-refractivity contribution in [1.82, 2.24) is 5.32 Å². The predicted molar refractivity (Wildman–Crippen MR) is 64.5 cm³/mol. The Kier molecular flexibility index (Phi) is 5.29. The zero-order valence-electron chi connectivity index (χ0n) is 9.50. The van der Waals surface area contributed by atoms with Gasteiger partial charge in [0.2, 0.25) is 0 Å². The first-order valence-corrected chi connectivity index (χ1v) is 5.66. The largest absolute Gasteiger partial charge is 0.465 e. The Labute approximate surface area is 101 Å². The summed E-state index contributed by atoms with van der Waals surface area (Å²) in [6.45, 7) is 4.34. The summed E-state index contributed by atoms with van der Waals surface area (Å²) in [7, 11) is 0. The van der Waals surface area contributed by atoms with Crippen molar-refractivity contribution < 1.29 is 9.53 Å². The van der Waals surface area contributed by atoms with Crippen LogP contribution in [0.15, 0.2) is 24.3 Å². The lowest BCUT2D eigenvalue weighted by Crippen LogP contribution is -2.27. The summed E-state index contributed by atoms with van der Waals surface area (Å²) in [4.78, 5) is 11.1. The van der Waals surface area contributed by atoms with E-state index in [1.807, 2.05) is 31.2 Å². The van der Waals surface area contributed by atoms with Gasteiger partial charge in [0.25, 0.3) is 0 Å². The molecular weight excluding hydrogens is 226 g/mol. The lowest BCUT2D eigenvalue weighted by atomic mass is 10.1. The van der Waals surface area contributed by atoms with Crippen molar-refractivity contribution in [3.63, 3.8) is 0 Å². The first-order valence-electron chi connectivity index (χ1n) is 5.28. The minimum atomic E-state index is -0.249. The molecule has 0 fully saturated rings. The highest BCUT2D eigenvalue weighted by Crippen LogP contribution is 2.21. The highest BCUT2D eigenvalue weighted by Gasteiger charge is 2.10. The minimum absolute atomic E-state index is 0.0260. The first-order chi connectivity index (χ1) is 7.65. The van der Waals surface area contributed by atoms with Crippen LogP contribution in [-0.4, -0.2) is 19.1 Å². The van der Waals surface area contributed by atoms with Crippen LogP contribution in [0.25, 0.3) is 0 Å². The van der Waals surface area contributed by atoms with Gasteiger partial charge in [-0.25, -0.2) is 0 Å². The van der Waals surface area contributed by atoms with Gasteiger partial charge in [0, 0.05) is 11.1 Å². The van der Waals surface area contributed by atoms with Gasteiger partial charge in [0.05, 0.1) is 13.2 Å². The van der Waals surface area contributed by atoms with E-state index in [1.165, 1.54) is 0 Å². The Hall–Kier alpha value is -1.06. The van der Waals surface area contributed by atoms with E-state index in [0.717, 1.165) is 5.56 Å². The lowest BCUT2D eigenvalue weighted by molar-refractivity contribution is -0.142. The Bertz CT molecular complexity index is 355. The molecule has 0 saturated heterocycles. The molecule has 0 unspecified atom stereocenters. The van der Waals surface area contributed by atoms with Gasteiger partial charge >= 0.3 is 5.97 Å². The van der Waals surface area contributed by atoms with Crippen LogP contribution in [0.4, 0.5) is 0 Å². The summed E-state index contributed by atoms with van der Waals surface area (Å²) in [5, 5.41) is 3.77. The van der Waals surface area contributed by atoms with Crippen LogP contribution in [0.5, 0.6) is 0 Å². The SMILES string of the molecule is CCOC(=O)CN[C@@H](C)c1ccccc1Cl. The number of hydrogen-bond donors (Lipinski definition) is 1. The summed E-state index contributed by atoms with van der Waals surface area (Å²) in [5.74, 6) is -0.249. The summed E-state index contributed by atoms with van der Waals surface area (Å²) in [6, 6.07) is 7.59. The molecule has 1 rings (SSSR count). The van der Waals surface area contributed by atoms with E-state index in [2.05, 4.69) is 5.32 Å². The van der Waals surface area contributed by atoms with Crippen LogP contribution in [0, 0.1) is 0 Å². The van der Waals surface area contributed by atoms with Crippen LogP contribution in [0.3, 0.4) is 0 Å². The van der Waals surface area contributed by atoms with E-state index in [-0.39, 0.29) is 18.6 Å². The summed E-state index contributed by atoms with van der Waals surface area (Å²) in [6.07, 6.45) is 0. The fourth-order valence-corrected chi connectivity index (χ4v) is 1.68. The second-order valence-corrected chi connectivity index (χ2v) is 3.84. The lowest BCUT2D eigenvalue weighted by Gasteiger charge is -2.14. The molecule has 1 N–H and O–H groups in total. The number of esters is 1. The average molecular weight is 242 g/mol. The molecule has 0 heterocycles. The normalized spacial score (nSPS) is 12.2. The number of hydrogen-bond acceptors (Lipinski definition) is 3. The fraction of sp³-hybridized carbons (Fsp3) is 0.417. The van der Waals surface area contributed by atoms with Gasteiger partial charge in [-0.15, -0.1) is 0 Å². The molecule has 88 valence electrons. The summed E-state index contributed by atoms with van der Waals surface area (Å²) in [5.41, 5.74) is 0.980.